The van der Waals surface area contributed by atoms with E-state index in [4.69, 9.17) is 25.1 Å². The van der Waals surface area contributed by atoms with Crippen LogP contribution in [0.25, 0.3) is 22.1 Å². The summed E-state index contributed by atoms with van der Waals surface area (Å²) in [6, 6.07) is 8.79. The molecule has 15 heteroatoms. The highest BCUT2D eigenvalue weighted by molar-refractivity contribution is 7.99. The van der Waals surface area contributed by atoms with Crippen LogP contribution in [0.5, 0.6) is 11.5 Å². The van der Waals surface area contributed by atoms with Crippen LogP contribution in [0.3, 0.4) is 0 Å². The zero-order chi connectivity index (χ0) is 33.1. The first-order chi connectivity index (χ1) is 21.2. The van der Waals surface area contributed by atoms with Crippen LogP contribution in [-0.4, -0.2) is 80.3 Å². The molecule has 14 nitrogen and oxygen atoms in total. The van der Waals surface area contributed by atoms with Crippen LogP contribution in [-0.2, 0) is 19.2 Å². The fraction of sp³-hybridized carbons (Fsp3) is 0.367. The Morgan fingerprint density at radius 3 is 2.44 bits per heavy atom. The first kappa shape index (κ1) is 33.3. The van der Waals surface area contributed by atoms with Crippen molar-refractivity contribution in [2.45, 2.75) is 55.7 Å². The van der Waals surface area contributed by atoms with E-state index in [1.807, 2.05) is 0 Å². The van der Waals surface area contributed by atoms with Crippen molar-refractivity contribution >= 4 is 46.5 Å². The minimum absolute atomic E-state index is 0.0398. The minimum Gasteiger partial charge on any atom is -0.507 e. The molecule has 2 aromatic carbocycles. The number of hydrogen-bond donors (Lipinski definition) is 7. The standard InChI is InChI=1S/C30H33N3O11S/c1-30(2)27(39)26(45-13-17(28(40)32-12-21(36)37)33-20(35)9-8-16(31)29(41)42)24-19(44-30)11-18(34)23-15(10-22(38)43-25(23)24)14-6-4-3-5-7-14/h3-7,10-11,16-17,26-27,34,39H,8-9,12-13,31H2,1-2H3,(H,32,40)(H,33,35)(H,36,37)(H,41,42). The van der Waals surface area contributed by atoms with E-state index in [9.17, 15) is 34.2 Å². The number of benzene rings is 2. The van der Waals surface area contributed by atoms with Crippen molar-refractivity contribution in [1.29, 1.82) is 0 Å². The Labute approximate surface area is 260 Å². The molecule has 4 atom stereocenters. The predicted molar refractivity (Wildman–Crippen MR) is 163 cm³/mol. The molecule has 0 radical (unpaired) electrons. The van der Waals surface area contributed by atoms with Gasteiger partial charge in [0.05, 0.1) is 16.2 Å². The highest BCUT2D eigenvalue weighted by Gasteiger charge is 2.46. The maximum atomic E-state index is 13.0. The van der Waals surface area contributed by atoms with Crippen molar-refractivity contribution in [2.24, 2.45) is 5.73 Å². The molecule has 0 fully saturated rings. The van der Waals surface area contributed by atoms with Crippen LogP contribution in [0.2, 0.25) is 0 Å². The summed E-state index contributed by atoms with van der Waals surface area (Å²) in [7, 11) is 0. The molecular formula is C30H33N3O11S. The number of phenols is 1. The number of amides is 2. The van der Waals surface area contributed by atoms with Crippen molar-refractivity contribution in [3.63, 3.8) is 0 Å². The summed E-state index contributed by atoms with van der Waals surface area (Å²) in [5.41, 5.74) is 4.72. The third kappa shape index (κ3) is 7.56. The Morgan fingerprint density at radius 2 is 1.80 bits per heavy atom. The number of hydrogen-bond acceptors (Lipinski definition) is 11. The van der Waals surface area contributed by atoms with Crippen LogP contribution in [0.1, 0.15) is 37.5 Å². The number of fused-ring (bicyclic) bond motifs is 3. The average Bonchev–Trinajstić information content (AvgIpc) is 2.98. The Kier molecular flexibility index (Phi) is 10.1. The smallest absolute Gasteiger partial charge is 0.336 e. The average molecular weight is 644 g/mol. The molecule has 0 bridgehead atoms. The zero-order valence-electron chi connectivity index (χ0n) is 24.3. The number of aliphatic hydroxyl groups excluding tert-OH is 1. The molecule has 4 unspecified atom stereocenters. The number of rotatable bonds is 12. The van der Waals surface area contributed by atoms with Gasteiger partial charge in [-0.3, -0.25) is 19.2 Å². The molecule has 3 aromatic rings. The van der Waals surface area contributed by atoms with Crippen molar-refractivity contribution in [3.05, 3.63) is 58.4 Å². The molecule has 1 aliphatic heterocycles. The number of carbonyl (C=O) groups is 4. The summed E-state index contributed by atoms with van der Waals surface area (Å²) in [6.07, 6.45) is -1.80. The van der Waals surface area contributed by atoms with Gasteiger partial charge in [-0.25, -0.2) is 4.79 Å². The fourth-order valence-electron chi connectivity index (χ4n) is 4.91. The van der Waals surface area contributed by atoms with Crippen molar-refractivity contribution < 1.29 is 48.8 Å². The zero-order valence-corrected chi connectivity index (χ0v) is 25.1. The minimum atomic E-state index is -1.32. The summed E-state index contributed by atoms with van der Waals surface area (Å²) in [5, 5.41) is 44.5. The maximum Gasteiger partial charge on any atom is 0.336 e. The van der Waals surface area contributed by atoms with E-state index in [0.717, 1.165) is 11.8 Å². The first-order valence-electron chi connectivity index (χ1n) is 13.8. The van der Waals surface area contributed by atoms with E-state index in [0.29, 0.717) is 11.1 Å². The lowest BCUT2D eigenvalue weighted by molar-refractivity contribution is -0.139. The number of nitrogens with one attached hydrogen (secondary N) is 2. The molecular weight excluding hydrogens is 610 g/mol. The largest absolute Gasteiger partial charge is 0.507 e. The van der Waals surface area contributed by atoms with Crippen molar-refractivity contribution in [3.8, 4) is 22.6 Å². The summed E-state index contributed by atoms with van der Waals surface area (Å²) >= 11 is 1.01. The SMILES string of the molecule is CC1(C)Oc2cc(O)c3c(-c4ccccc4)cc(=O)oc3c2C(SCC(NC(=O)CCC(N)C(=O)O)C(=O)NCC(=O)O)C1O. The van der Waals surface area contributed by atoms with Crippen LogP contribution in [0.15, 0.2) is 51.7 Å². The summed E-state index contributed by atoms with van der Waals surface area (Å²) < 4.78 is 11.6. The van der Waals surface area contributed by atoms with Gasteiger partial charge in [-0.1, -0.05) is 30.3 Å². The van der Waals surface area contributed by atoms with Gasteiger partial charge in [-0.2, -0.15) is 0 Å². The normalized spacial score (nSPS) is 18.2. The second-order valence-electron chi connectivity index (χ2n) is 11.0. The highest BCUT2D eigenvalue weighted by atomic mass is 32.2. The molecule has 1 aromatic heterocycles. The van der Waals surface area contributed by atoms with Gasteiger partial charge in [0.2, 0.25) is 11.8 Å². The van der Waals surface area contributed by atoms with E-state index in [1.165, 1.54) is 12.1 Å². The van der Waals surface area contributed by atoms with E-state index >= 15 is 0 Å². The number of aromatic hydroxyl groups is 1. The van der Waals surface area contributed by atoms with Gasteiger partial charge in [0.15, 0.2) is 5.58 Å². The van der Waals surface area contributed by atoms with Gasteiger partial charge < -0.3 is 45.9 Å². The maximum absolute atomic E-state index is 13.0. The van der Waals surface area contributed by atoms with Crippen molar-refractivity contribution in [1.82, 2.24) is 10.6 Å². The number of carboxylic acid groups (broad SMARTS) is 2. The van der Waals surface area contributed by atoms with Gasteiger partial charge in [0, 0.05) is 29.9 Å². The number of ether oxygens (including phenoxy) is 1. The number of carboxylic acids is 2. The van der Waals surface area contributed by atoms with Crippen LogP contribution >= 0.6 is 11.8 Å². The Balaban J connectivity index is 1.74. The van der Waals surface area contributed by atoms with Crippen molar-refractivity contribution in [2.75, 3.05) is 12.3 Å². The van der Waals surface area contributed by atoms with Gasteiger partial charge in [0.25, 0.3) is 0 Å². The molecule has 240 valence electrons. The molecule has 2 amide bonds. The lowest BCUT2D eigenvalue weighted by atomic mass is 9.88. The number of aliphatic hydroxyl groups is 1. The second-order valence-corrected chi connectivity index (χ2v) is 12.2. The van der Waals surface area contributed by atoms with Gasteiger partial charge in [-0.15, -0.1) is 11.8 Å². The van der Waals surface area contributed by atoms with Gasteiger partial charge >= 0.3 is 17.6 Å². The molecule has 45 heavy (non-hydrogen) atoms. The summed E-state index contributed by atoms with van der Waals surface area (Å²) in [6.45, 7) is 2.49. The topological polar surface area (TPSA) is 239 Å². The molecule has 1 aliphatic rings. The molecule has 0 aliphatic carbocycles. The Hall–Kier alpha value is -4.60. The fourth-order valence-corrected chi connectivity index (χ4v) is 6.44. The van der Waals surface area contributed by atoms with E-state index < -0.39 is 65.0 Å². The number of aliphatic carboxylic acids is 2. The third-order valence-electron chi connectivity index (χ3n) is 7.24. The Bertz CT molecular complexity index is 1680. The molecule has 0 saturated carbocycles. The predicted octanol–water partition coefficient (Wildman–Crippen LogP) is 1.35. The summed E-state index contributed by atoms with van der Waals surface area (Å²) in [5.74, 6) is -4.48. The number of phenolic OH excluding ortho intramolecular Hbond substituents is 1. The monoisotopic (exact) mass is 643 g/mol. The lowest BCUT2D eigenvalue weighted by Gasteiger charge is -2.42. The van der Waals surface area contributed by atoms with Crippen LogP contribution in [0.4, 0.5) is 0 Å². The second kappa shape index (κ2) is 13.6. The first-order valence-corrected chi connectivity index (χ1v) is 14.9. The third-order valence-corrected chi connectivity index (χ3v) is 8.62. The summed E-state index contributed by atoms with van der Waals surface area (Å²) in [4.78, 5) is 60.5. The molecule has 2 heterocycles. The van der Waals surface area contributed by atoms with Gasteiger partial charge in [0.1, 0.15) is 41.8 Å². The van der Waals surface area contributed by atoms with E-state index in [1.54, 1.807) is 44.2 Å². The molecule has 0 saturated heterocycles. The van der Waals surface area contributed by atoms with E-state index in [2.05, 4.69) is 10.6 Å². The van der Waals surface area contributed by atoms with Crippen LogP contribution < -0.4 is 26.7 Å². The Morgan fingerprint density at radius 1 is 1.11 bits per heavy atom. The number of nitrogens with two attached hydrogens (primary N) is 1. The quantitative estimate of drug-likeness (QED) is 0.138. The van der Waals surface area contributed by atoms with Crippen LogP contribution in [0, 0.1) is 0 Å². The van der Waals surface area contributed by atoms with E-state index in [-0.39, 0.29) is 46.6 Å². The number of carbonyl (C=O) groups excluding carboxylic acids is 2. The molecule has 4 rings (SSSR count). The number of thioether (sulfide) groups is 1. The van der Waals surface area contributed by atoms with Gasteiger partial charge in [-0.05, 0) is 25.8 Å². The molecule has 8 N–H and O–H groups in total. The highest BCUT2D eigenvalue weighted by Crippen LogP contribution is 2.52. The lowest BCUT2D eigenvalue weighted by Crippen LogP contribution is -2.51. The molecule has 0 spiro atoms.